The van der Waals surface area contributed by atoms with Crippen molar-refractivity contribution < 1.29 is 9.66 Å². The zero-order chi connectivity index (χ0) is 14.0. The molecule has 1 aromatic carbocycles. The monoisotopic (exact) mass is 343 g/mol. The number of nitro groups is 1. The third-order valence-corrected chi connectivity index (χ3v) is 2.98. The Morgan fingerprint density at radius 3 is 2.74 bits per heavy atom. The maximum absolute atomic E-state index is 10.7. The number of nitrogen functional groups attached to an aromatic ring is 1. The molecule has 0 radical (unpaired) electrons. The van der Waals surface area contributed by atoms with Gasteiger partial charge in [0.15, 0.2) is 0 Å². The zero-order valence-electron chi connectivity index (χ0n) is 9.34. The molecule has 1 heterocycles. The van der Waals surface area contributed by atoms with Crippen LogP contribution in [0.3, 0.4) is 0 Å². The highest BCUT2D eigenvalue weighted by Crippen LogP contribution is 2.32. The highest BCUT2D eigenvalue weighted by Gasteiger charge is 2.12. The van der Waals surface area contributed by atoms with Gasteiger partial charge in [0.05, 0.1) is 21.5 Å². The Hall–Kier alpha value is -1.86. The molecule has 0 saturated carbocycles. The maximum Gasteiger partial charge on any atom is 0.278 e. The maximum atomic E-state index is 10.7. The topological polar surface area (TPSA) is 91.3 Å². The number of ether oxygens (including phenoxy) is 1. The van der Waals surface area contributed by atoms with E-state index in [0.717, 1.165) is 6.07 Å². The van der Waals surface area contributed by atoms with E-state index in [1.54, 1.807) is 18.2 Å². The standard InChI is InChI=1S/C11H7BrClN3O3/c12-8-3-6(13)1-2-9(8)19-11-5-7(16(17)18)4-10(14)15-11/h1-5H,(H2,14,15). The lowest BCUT2D eigenvalue weighted by molar-refractivity contribution is -0.384. The molecule has 19 heavy (non-hydrogen) atoms. The van der Waals surface area contributed by atoms with E-state index in [-0.39, 0.29) is 17.4 Å². The number of pyridine rings is 1. The fraction of sp³-hybridized carbons (Fsp3) is 0. The lowest BCUT2D eigenvalue weighted by atomic mass is 10.3. The van der Waals surface area contributed by atoms with Crippen LogP contribution in [0.2, 0.25) is 5.02 Å². The summed E-state index contributed by atoms with van der Waals surface area (Å²) in [6.07, 6.45) is 0. The van der Waals surface area contributed by atoms with Gasteiger partial charge >= 0.3 is 0 Å². The molecule has 0 fully saturated rings. The summed E-state index contributed by atoms with van der Waals surface area (Å²) in [6.45, 7) is 0. The van der Waals surface area contributed by atoms with Gasteiger partial charge in [0.1, 0.15) is 11.6 Å². The van der Waals surface area contributed by atoms with Gasteiger partial charge in [-0.05, 0) is 34.1 Å². The SMILES string of the molecule is Nc1cc([N+](=O)[O-])cc(Oc2ccc(Cl)cc2Br)n1. The molecule has 0 spiro atoms. The van der Waals surface area contributed by atoms with Crippen molar-refractivity contribution in [2.75, 3.05) is 5.73 Å². The zero-order valence-corrected chi connectivity index (χ0v) is 11.7. The molecule has 2 N–H and O–H groups in total. The first kappa shape index (κ1) is 13.6. The third-order valence-electron chi connectivity index (χ3n) is 2.13. The summed E-state index contributed by atoms with van der Waals surface area (Å²) >= 11 is 9.07. The summed E-state index contributed by atoms with van der Waals surface area (Å²) in [5.41, 5.74) is 5.30. The second kappa shape index (κ2) is 5.41. The van der Waals surface area contributed by atoms with E-state index in [9.17, 15) is 10.1 Å². The summed E-state index contributed by atoms with van der Waals surface area (Å²) < 4.78 is 6.04. The van der Waals surface area contributed by atoms with E-state index in [4.69, 9.17) is 22.1 Å². The first-order valence-corrected chi connectivity index (χ1v) is 6.17. The fourth-order valence-electron chi connectivity index (χ4n) is 1.34. The van der Waals surface area contributed by atoms with Gasteiger partial charge < -0.3 is 10.5 Å². The van der Waals surface area contributed by atoms with E-state index >= 15 is 0 Å². The minimum atomic E-state index is -0.568. The molecule has 2 aromatic rings. The van der Waals surface area contributed by atoms with Crippen molar-refractivity contribution in [1.82, 2.24) is 4.98 Å². The molecule has 0 bridgehead atoms. The van der Waals surface area contributed by atoms with Crippen molar-refractivity contribution >= 4 is 39.0 Å². The van der Waals surface area contributed by atoms with Gasteiger partial charge in [-0.1, -0.05) is 11.6 Å². The van der Waals surface area contributed by atoms with Crippen molar-refractivity contribution in [3.63, 3.8) is 0 Å². The van der Waals surface area contributed by atoms with Crippen LogP contribution < -0.4 is 10.5 Å². The summed E-state index contributed by atoms with van der Waals surface area (Å²) in [7, 11) is 0. The van der Waals surface area contributed by atoms with Crippen LogP contribution in [0.15, 0.2) is 34.8 Å². The van der Waals surface area contributed by atoms with Gasteiger partial charge in [-0.2, -0.15) is 4.98 Å². The van der Waals surface area contributed by atoms with Crippen molar-refractivity contribution in [2.45, 2.75) is 0 Å². The van der Waals surface area contributed by atoms with Crippen LogP contribution in [0.25, 0.3) is 0 Å². The Morgan fingerprint density at radius 2 is 2.11 bits per heavy atom. The number of nitrogens with two attached hydrogens (primary N) is 1. The highest BCUT2D eigenvalue weighted by molar-refractivity contribution is 9.10. The molecule has 0 amide bonds. The van der Waals surface area contributed by atoms with E-state index in [0.29, 0.717) is 15.2 Å². The van der Waals surface area contributed by atoms with Crippen molar-refractivity contribution in [1.29, 1.82) is 0 Å². The minimum absolute atomic E-state index is 0.00860. The summed E-state index contributed by atoms with van der Waals surface area (Å²) in [6, 6.07) is 7.23. The number of benzene rings is 1. The Labute approximate surface area is 121 Å². The lowest BCUT2D eigenvalue weighted by Crippen LogP contribution is -1.97. The molecule has 0 unspecified atom stereocenters. The number of rotatable bonds is 3. The first-order valence-electron chi connectivity index (χ1n) is 5.00. The second-order valence-corrected chi connectivity index (χ2v) is 4.81. The number of hydrogen-bond acceptors (Lipinski definition) is 5. The smallest absolute Gasteiger partial charge is 0.278 e. The predicted molar refractivity (Wildman–Crippen MR) is 74.5 cm³/mol. The molecule has 8 heteroatoms. The average molecular weight is 345 g/mol. The first-order chi connectivity index (χ1) is 8.95. The van der Waals surface area contributed by atoms with E-state index in [1.807, 2.05) is 0 Å². The molecule has 0 aliphatic heterocycles. The van der Waals surface area contributed by atoms with Gasteiger partial charge in [-0.3, -0.25) is 10.1 Å². The number of nitrogens with zero attached hydrogens (tertiary/aromatic N) is 2. The van der Waals surface area contributed by atoms with Crippen LogP contribution >= 0.6 is 27.5 Å². The molecular weight excluding hydrogens is 337 g/mol. The number of aromatic nitrogens is 1. The van der Waals surface area contributed by atoms with Crippen molar-refractivity contribution in [3.8, 4) is 11.6 Å². The number of anilines is 1. The molecule has 0 aliphatic carbocycles. The Morgan fingerprint density at radius 1 is 1.37 bits per heavy atom. The van der Waals surface area contributed by atoms with Crippen LogP contribution in [-0.2, 0) is 0 Å². The van der Waals surface area contributed by atoms with Crippen molar-refractivity contribution in [2.24, 2.45) is 0 Å². The largest absolute Gasteiger partial charge is 0.438 e. The van der Waals surface area contributed by atoms with Gasteiger partial charge in [0.2, 0.25) is 5.88 Å². The van der Waals surface area contributed by atoms with E-state index < -0.39 is 4.92 Å². The van der Waals surface area contributed by atoms with Crippen LogP contribution in [0, 0.1) is 10.1 Å². The van der Waals surface area contributed by atoms with Gasteiger partial charge in [-0.25, -0.2) is 0 Å². The van der Waals surface area contributed by atoms with Gasteiger partial charge in [0, 0.05) is 5.02 Å². The van der Waals surface area contributed by atoms with Gasteiger partial charge in [-0.15, -0.1) is 0 Å². The summed E-state index contributed by atoms with van der Waals surface area (Å²) in [4.78, 5) is 14.0. The van der Waals surface area contributed by atoms with E-state index in [1.165, 1.54) is 6.07 Å². The molecular formula is C11H7BrClN3O3. The Kier molecular flexibility index (Phi) is 3.87. The third kappa shape index (κ3) is 3.33. The van der Waals surface area contributed by atoms with Crippen LogP contribution in [0.1, 0.15) is 0 Å². The molecule has 6 nitrogen and oxygen atoms in total. The summed E-state index contributed by atoms with van der Waals surface area (Å²) in [5, 5.41) is 11.2. The number of halogens is 2. The predicted octanol–water partition coefficient (Wildman–Crippen LogP) is 3.78. The quantitative estimate of drug-likeness (QED) is 0.676. The van der Waals surface area contributed by atoms with Crippen molar-refractivity contribution in [3.05, 3.63) is 49.9 Å². The molecule has 1 aromatic heterocycles. The highest BCUT2D eigenvalue weighted by atomic mass is 79.9. The normalized spacial score (nSPS) is 10.2. The lowest BCUT2D eigenvalue weighted by Gasteiger charge is -2.07. The second-order valence-electron chi connectivity index (χ2n) is 3.52. The Balaban J connectivity index is 2.35. The molecule has 98 valence electrons. The molecule has 0 aliphatic rings. The van der Waals surface area contributed by atoms with Crippen LogP contribution in [-0.4, -0.2) is 9.91 Å². The molecule has 2 rings (SSSR count). The Bertz CT molecular complexity index is 651. The van der Waals surface area contributed by atoms with Gasteiger partial charge in [0.25, 0.3) is 5.69 Å². The van der Waals surface area contributed by atoms with Crippen LogP contribution in [0.4, 0.5) is 11.5 Å². The van der Waals surface area contributed by atoms with E-state index in [2.05, 4.69) is 20.9 Å². The van der Waals surface area contributed by atoms with Crippen LogP contribution in [0.5, 0.6) is 11.6 Å². The molecule has 0 atom stereocenters. The average Bonchev–Trinajstić information content (AvgIpc) is 2.32. The minimum Gasteiger partial charge on any atom is -0.438 e. The molecule has 0 saturated heterocycles. The number of hydrogen-bond donors (Lipinski definition) is 1. The summed E-state index contributed by atoms with van der Waals surface area (Å²) in [5.74, 6) is 0.473. The fourth-order valence-corrected chi connectivity index (χ4v) is 2.10.